The molecule has 1 unspecified atom stereocenters. The number of halogens is 1. The fourth-order valence-corrected chi connectivity index (χ4v) is 1.25. The number of hydrogen-bond donors (Lipinski definition) is 1. The molecule has 0 bridgehead atoms. The third-order valence-electron chi connectivity index (χ3n) is 2.19. The number of benzene rings is 1. The van der Waals surface area contributed by atoms with Gasteiger partial charge in [-0.25, -0.2) is 4.39 Å². The fourth-order valence-electron chi connectivity index (χ4n) is 1.25. The summed E-state index contributed by atoms with van der Waals surface area (Å²) in [7, 11) is 3.90. The molecule has 0 fully saturated rings. The van der Waals surface area contributed by atoms with Crippen LogP contribution in [0.25, 0.3) is 0 Å². The topological polar surface area (TPSA) is 32.7 Å². The monoisotopic (exact) mass is 227 g/mol. The second kappa shape index (κ2) is 6.58. The Balaban J connectivity index is 2.32. The highest BCUT2D eigenvalue weighted by Crippen LogP contribution is 2.13. The summed E-state index contributed by atoms with van der Waals surface area (Å²) < 4.78 is 18.1. The molecule has 1 aromatic carbocycles. The lowest BCUT2D eigenvalue weighted by atomic mass is 10.1. The summed E-state index contributed by atoms with van der Waals surface area (Å²) in [6.07, 6.45) is -0.766. The first-order valence-corrected chi connectivity index (χ1v) is 5.25. The predicted octanol–water partition coefficient (Wildman–Crippen LogP) is 1.44. The SMILES string of the molecule is CN(C)CCOCC(O)c1cccc(F)c1. The smallest absolute Gasteiger partial charge is 0.123 e. The second-order valence-electron chi connectivity index (χ2n) is 3.95. The van der Waals surface area contributed by atoms with Crippen molar-refractivity contribution < 1.29 is 14.2 Å². The predicted molar refractivity (Wildman–Crippen MR) is 60.7 cm³/mol. The molecule has 0 aromatic heterocycles. The second-order valence-corrected chi connectivity index (χ2v) is 3.95. The summed E-state index contributed by atoms with van der Waals surface area (Å²) in [6.45, 7) is 1.55. The van der Waals surface area contributed by atoms with Gasteiger partial charge in [-0.2, -0.15) is 0 Å². The zero-order valence-corrected chi connectivity index (χ0v) is 9.69. The lowest BCUT2D eigenvalue weighted by molar-refractivity contribution is 0.0305. The fraction of sp³-hybridized carbons (Fsp3) is 0.500. The molecule has 1 N–H and O–H groups in total. The maximum absolute atomic E-state index is 12.9. The van der Waals surface area contributed by atoms with Crippen LogP contribution in [0.1, 0.15) is 11.7 Å². The van der Waals surface area contributed by atoms with Crippen molar-refractivity contribution in [3.8, 4) is 0 Å². The Morgan fingerprint density at radius 2 is 2.19 bits per heavy atom. The summed E-state index contributed by atoms with van der Waals surface area (Å²) in [5.74, 6) is -0.343. The number of aliphatic hydroxyl groups excluding tert-OH is 1. The van der Waals surface area contributed by atoms with Gasteiger partial charge in [0.05, 0.1) is 13.2 Å². The largest absolute Gasteiger partial charge is 0.386 e. The van der Waals surface area contributed by atoms with Crippen molar-refractivity contribution in [2.45, 2.75) is 6.10 Å². The molecule has 0 radical (unpaired) electrons. The van der Waals surface area contributed by atoms with Gasteiger partial charge in [-0.1, -0.05) is 12.1 Å². The number of hydrogen-bond acceptors (Lipinski definition) is 3. The summed E-state index contributed by atoms with van der Waals surface area (Å²) >= 11 is 0. The molecule has 1 aromatic rings. The van der Waals surface area contributed by atoms with Crippen LogP contribution < -0.4 is 0 Å². The van der Waals surface area contributed by atoms with Gasteiger partial charge in [-0.05, 0) is 31.8 Å². The van der Waals surface area contributed by atoms with Gasteiger partial charge in [-0.3, -0.25) is 0 Å². The van der Waals surface area contributed by atoms with E-state index in [0.717, 1.165) is 6.54 Å². The summed E-state index contributed by atoms with van der Waals surface area (Å²) in [5.41, 5.74) is 0.546. The summed E-state index contributed by atoms with van der Waals surface area (Å²) in [4.78, 5) is 1.99. The Morgan fingerprint density at radius 3 is 2.81 bits per heavy atom. The molecule has 0 spiro atoms. The molecular formula is C12H18FNO2. The van der Waals surface area contributed by atoms with Crippen molar-refractivity contribution in [2.24, 2.45) is 0 Å². The molecule has 4 heteroatoms. The van der Waals surface area contributed by atoms with Crippen LogP contribution in [0.5, 0.6) is 0 Å². The van der Waals surface area contributed by atoms with Gasteiger partial charge < -0.3 is 14.7 Å². The van der Waals surface area contributed by atoms with Gasteiger partial charge >= 0.3 is 0 Å². The van der Waals surface area contributed by atoms with E-state index >= 15 is 0 Å². The molecule has 0 heterocycles. The quantitative estimate of drug-likeness (QED) is 0.746. The molecule has 0 aliphatic heterocycles. The number of ether oxygens (including phenoxy) is 1. The molecule has 0 saturated heterocycles. The summed E-state index contributed by atoms with van der Waals surface area (Å²) in [6, 6.07) is 5.93. The van der Waals surface area contributed by atoms with Crippen LogP contribution >= 0.6 is 0 Å². The first-order chi connectivity index (χ1) is 7.59. The average Bonchev–Trinajstić information content (AvgIpc) is 2.24. The molecule has 1 rings (SSSR count). The van der Waals surface area contributed by atoms with Crippen molar-refractivity contribution in [3.63, 3.8) is 0 Å². The zero-order valence-electron chi connectivity index (χ0n) is 9.69. The number of likely N-dealkylation sites (N-methyl/N-ethyl adjacent to an activating group) is 1. The van der Waals surface area contributed by atoms with Gasteiger partial charge in [-0.15, -0.1) is 0 Å². The van der Waals surface area contributed by atoms with Crippen LogP contribution in [0.4, 0.5) is 4.39 Å². The van der Waals surface area contributed by atoms with Crippen LogP contribution in [0.3, 0.4) is 0 Å². The van der Waals surface area contributed by atoms with E-state index in [4.69, 9.17) is 4.74 Å². The first kappa shape index (κ1) is 13.1. The lowest BCUT2D eigenvalue weighted by Crippen LogP contribution is -2.19. The van der Waals surface area contributed by atoms with Crippen LogP contribution in [-0.4, -0.2) is 43.9 Å². The molecule has 0 amide bonds. The molecule has 1 atom stereocenters. The van der Waals surface area contributed by atoms with E-state index in [1.165, 1.54) is 12.1 Å². The van der Waals surface area contributed by atoms with E-state index < -0.39 is 6.10 Å². The molecule has 90 valence electrons. The van der Waals surface area contributed by atoms with Crippen molar-refractivity contribution in [3.05, 3.63) is 35.6 Å². The molecule has 16 heavy (non-hydrogen) atoms. The minimum absolute atomic E-state index is 0.192. The Labute approximate surface area is 95.5 Å². The molecule has 3 nitrogen and oxygen atoms in total. The minimum atomic E-state index is -0.766. The number of aliphatic hydroxyl groups is 1. The van der Waals surface area contributed by atoms with Crippen molar-refractivity contribution in [2.75, 3.05) is 33.9 Å². The van der Waals surface area contributed by atoms with Crippen molar-refractivity contribution in [1.29, 1.82) is 0 Å². The number of rotatable bonds is 6. The van der Waals surface area contributed by atoms with E-state index in [-0.39, 0.29) is 12.4 Å². The van der Waals surface area contributed by atoms with Gasteiger partial charge in [0.1, 0.15) is 11.9 Å². The Bertz CT molecular complexity index is 318. The third-order valence-corrected chi connectivity index (χ3v) is 2.19. The highest BCUT2D eigenvalue weighted by atomic mass is 19.1. The summed E-state index contributed by atoms with van der Waals surface area (Å²) in [5, 5.41) is 9.70. The van der Waals surface area contributed by atoms with E-state index in [2.05, 4.69) is 0 Å². The molecular weight excluding hydrogens is 209 g/mol. The molecule has 0 saturated carbocycles. The van der Waals surface area contributed by atoms with Crippen molar-refractivity contribution in [1.82, 2.24) is 4.90 Å². The number of nitrogens with zero attached hydrogens (tertiary/aromatic N) is 1. The van der Waals surface area contributed by atoms with Gasteiger partial charge in [0.2, 0.25) is 0 Å². The molecule has 0 aliphatic rings. The van der Waals surface area contributed by atoms with Crippen LogP contribution in [0, 0.1) is 5.82 Å². The Morgan fingerprint density at radius 1 is 1.44 bits per heavy atom. The highest BCUT2D eigenvalue weighted by Gasteiger charge is 2.08. The zero-order chi connectivity index (χ0) is 12.0. The van der Waals surface area contributed by atoms with Gasteiger partial charge in [0.25, 0.3) is 0 Å². The first-order valence-electron chi connectivity index (χ1n) is 5.25. The van der Waals surface area contributed by atoms with Crippen LogP contribution in [0.2, 0.25) is 0 Å². The van der Waals surface area contributed by atoms with E-state index in [9.17, 15) is 9.50 Å². The average molecular weight is 227 g/mol. The maximum Gasteiger partial charge on any atom is 0.123 e. The highest BCUT2D eigenvalue weighted by molar-refractivity contribution is 5.18. The van der Waals surface area contributed by atoms with E-state index in [1.54, 1.807) is 12.1 Å². The van der Waals surface area contributed by atoms with Gasteiger partial charge in [0, 0.05) is 6.54 Å². The normalized spacial score (nSPS) is 13.1. The Hall–Kier alpha value is -0.970. The minimum Gasteiger partial charge on any atom is -0.386 e. The lowest BCUT2D eigenvalue weighted by Gasteiger charge is -2.13. The van der Waals surface area contributed by atoms with Crippen LogP contribution in [0.15, 0.2) is 24.3 Å². The molecule has 0 aliphatic carbocycles. The third kappa shape index (κ3) is 4.70. The van der Waals surface area contributed by atoms with E-state index in [0.29, 0.717) is 12.2 Å². The Kier molecular flexibility index (Phi) is 5.38. The maximum atomic E-state index is 12.9. The van der Waals surface area contributed by atoms with Gasteiger partial charge in [0.15, 0.2) is 0 Å². The van der Waals surface area contributed by atoms with E-state index in [1.807, 2.05) is 19.0 Å². The van der Waals surface area contributed by atoms with Crippen LogP contribution in [-0.2, 0) is 4.74 Å². The van der Waals surface area contributed by atoms with Crippen molar-refractivity contribution >= 4 is 0 Å². The standard InChI is InChI=1S/C12H18FNO2/c1-14(2)6-7-16-9-12(15)10-4-3-5-11(13)8-10/h3-5,8,12,15H,6-7,9H2,1-2H3.